The van der Waals surface area contributed by atoms with Crippen molar-refractivity contribution < 1.29 is 4.79 Å². The molecule has 1 unspecified atom stereocenters. The molecule has 1 atom stereocenters. The molecule has 0 radical (unpaired) electrons. The number of carbonyl (C=O) groups excluding carboxylic acids is 1. The fraction of sp³-hybridized carbons (Fsp3) is 0.381. The highest BCUT2D eigenvalue weighted by Crippen LogP contribution is 2.22. The molecule has 1 aromatic heterocycles. The SMILES string of the molecule is O=C(Nc1cccc(CN2CCCCC2)n1)NC1CSC(c2ccccc2)=N1. The average molecular weight is 396 g/mol. The summed E-state index contributed by atoms with van der Waals surface area (Å²) >= 11 is 1.66. The van der Waals surface area contributed by atoms with E-state index >= 15 is 0 Å². The van der Waals surface area contributed by atoms with Crippen LogP contribution >= 0.6 is 11.8 Å². The Hall–Kier alpha value is -2.38. The van der Waals surface area contributed by atoms with Gasteiger partial charge >= 0.3 is 6.03 Å². The van der Waals surface area contributed by atoms with E-state index in [4.69, 9.17) is 0 Å². The fourth-order valence-corrected chi connectivity index (χ4v) is 4.45. The lowest BCUT2D eigenvalue weighted by molar-refractivity contribution is 0.218. The van der Waals surface area contributed by atoms with Gasteiger partial charge in [-0.3, -0.25) is 15.2 Å². The number of urea groups is 1. The molecule has 0 saturated carbocycles. The average Bonchev–Trinajstić information content (AvgIpc) is 3.18. The summed E-state index contributed by atoms with van der Waals surface area (Å²) in [5, 5.41) is 6.73. The lowest BCUT2D eigenvalue weighted by atomic mass is 10.1. The van der Waals surface area contributed by atoms with Gasteiger partial charge in [-0.2, -0.15) is 0 Å². The Kier molecular flexibility index (Phi) is 6.24. The van der Waals surface area contributed by atoms with E-state index in [0.29, 0.717) is 5.82 Å². The Morgan fingerprint density at radius 2 is 1.89 bits per heavy atom. The first-order chi connectivity index (χ1) is 13.8. The number of piperidine rings is 1. The van der Waals surface area contributed by atoms with E-state index < -0.39 is 0 Å². The minimum absolute atomic E-state index is 0.225. The molecule has 2 aliphatic heterocycles. The maximum atomic E-state index is 12.4. The molecule has 2 N–H and O–H groups in total. The van der Waals surface area contributed by atoms with Gasteiger partial charge in [-0.05, 0) is 38.1 Å². The van der Waals surface area contributed by atoms with Crippen LogP contribution in [0.3, 0.4) is 0 Å². The normalized spacial score (nSPS) is 19.9. The first-order valence-corrected chi connectivity index (χ1v) is 10.8. The lowest BCUT2D eigenvalue weighted by Crippen LogP contribution is -2.37. The number of nitrogens with zero attached hydrogens (tertiary/aromatic N) is 3. The van der Waals surface area contributed by atoms with Crippen molar-refractivity contribution in [2.75, 3.05) is 24.2 Å². The van der Waals surface area contributed by atoms with Crippen LogP contribution in [0.5, 0.6) is 0 Å². The van der Waals surface area contributed by atoms with Crippen LogP contribution in [0.25, 0.3) is 0 Å². The maximum Gasteiger partial charge on any atom is 0.322 e. The molecule has 4 rings (SSSR count). The van der Waals surface area contributed by atoms with Gasteiger partial charge in [0, 0.05) is 17.9 Å². The Morgan fingerprint density at radius 1 is 1.07 bits per heavy atom. The number of thioether (sulfide) groups is 1. The van der Waals surface area contributed by atoms with Crippen LogP contribution in [0.2, 0.25) is 0 Å². The Bertz CT molecular complexity index is 836. The molecule has 7 heteroatoms. The summed E-state index contributed by atoms with van der Waals surface area (Å²) in [5.41, 5.74) is 2.07. The van der Waals surface area contributed by atoms with Gasteiger partial charge in [0.25, 0.3) is 0 Å². The van der Waals surface area contributed by atoms with Gasteiger partial charge in [0.05, 0.1) is 5.69 Å². The smallest absolute Gasteiger partial charge is 0.315 e. The predicted octanol–water partition coefficient (Wildman–Crippen LogP) is 3.71. The predicted molar refractivity (Wildman–Crippen MR) is 115 cm³/mol. The minimum atomic E-state index is -0.272. The zero-order valence-corrected chi connectivity index (χ0v) is 16.6. The quantitative estimate of drug-likeness (QED) is 0.810. The number of hydrogen-bond acceptors (Lipinski definition) is 5. The van der Waals surface area contributed by atoms with Crippen LogP contribution in [0.4, 0.5) is 10.6 Å². The van der Waals surface area contributed by atoms with E-state index in [1.54, 1.807) is 11.8 Å². The van der Waals surface area contributed by atoms with Crippen LogP contribution in [0, 0.1) is 0 Å². The first-order valence-electron chi connectivity index (χ1n) is 9.78. The van der Waals surface area contributed by atoms with Gasteiger partial charge in [-0.25, -0.2) is 9.78 Å². The van der Waals surface area contributed by atoms with Crippen molar-refractivity contribution in [3.63, 3.8) is 0 Å². The summed E-state index contributed by atoms with van der Waals surface area (Å²) in [7, 11) is 0. The number of aliphatic imine (C=N–C) groups is 1. The van der Waals surface area contributed by atoms with Gasteiger partial charge in [0.1, 0.15) is 17.0 Å². The second-order valence-corrected chi connectivity index (χ2v) is 8.09. The highest BCUT2D eigenvalue weighted by atomic mass is 32.2. The van der Waals surface area contributed by atoms with Gasteiger partial charge in [-0.1, -0.05) is 42.8 Å². The van der Waals surface area contributed by atoms with Crippen LogP contribution < -0.4 is 10.6 Å². The monoisotopic (exact) mass is 395 g/mol. The van der Waals surface area contributed by atoms with Crippen molar-refractivity contribution in [1.29, 1.82) is 0 Å². The zero-order chi connectivity index (χ0) is 19.2. The molecular formula is C21H25N5OS. The summed E-state index contributed by atoms with van der Waals surface area (Å²) in [6.07, 6.45) is 3.60. The molecule has 2 aliphatic rings. The summed E-state index contributed by atoms with van der Waals surface area (Å²) < 4.78 is 0. The van der Waals surface area contributed by atoms with Crippen molar-refractivity contribution >= 4 is 28.7 Å². The van der Waals surface area contributed by atoms with E-state index in [0.717, 1.165) is 41.7 Å². The van der Waals surface area contributed by atoms with Gasteiger partial charge in [0.15, 0.2) is 0 Å². The van der Waals surface area contributed by atoms with Crippen LogP contribution in [0.15, 0.2) is 53.5 Å². The van der Waals surface area contributed by atoms with Gasteiger partial charge in [0.2, 0.25) is 0 Å². The lowest BCUT2D eigenvalue weighted by Gasteiger charge is -2.26. The third kappa shape index (κ3) is 5.11. The standard InChI is InChI=1S/C21H25N5OS/c27-21(25-19-15-28-20(23-19)16-8-3-1-4-9-16)24-18-11-7-10-17(22-18)14-26-12-5-2-6-13-26/h1,3-4,7-11,19H,2,5-6,12-15H2,(H2,22,24,25,27). The third-order valence-corrected chi connectivity index (χ3v) is 5.95. The zero-order valence-electron chi connectivity index (χ0n) is 15.8. The summed E-state index contributed by atoms with van der Waals surface area (Å²) in [6.45, 7) is 3.09. The van der Waals surface area contributed by atoms with Crippen molar-refractivity contribution in [1.82, 2.24) is 15.2 Å². The maximum absolute atomic E-state index is 12.4. The van der Waals surface area contributed by atoms with Crippen LogP contribution in [-0.2, 0) is 6.54 Å². The molecule has 0 spiro atoms. The molecule has 146 valence electrons. The largest absolute Gasteiger partial charge is 0.322 e. The van der Waals surface area contributed by atoms with Crippen LogP contribution in [-0.4, -0.2) is 46.0 Å². The van der Waals surface area contributed by atoms with E-state index in [9.17, 15) is 4.79 Å². The van der Waals surface area contributed by atoms with Crippen molar-refractivity contribution in [2.24, 2.45) is 4.99 Å². The molecular weight excluding hydrogens is 370 g/mol. The number of benzene rings is 1. The summed E-state index contributed by atoms with van der Waals surface area (Å²) in [5.74, 6) is 1.31. The first kappa shape index (κ1) is 19.0. The number of anilines is 1. The molecule has 0 aliphatic carbocycles. The van der Waals surface area contributed by atoms with Crippen molar-refractivity contribution in [3.05, 3.63) is 59.8 Å². The van der Waals surface area contributed by atoms with E-state index in [2.05, 4.69) is 25.5 Å². The molecule has 28 heavy (non-hydrogen) atoms. The van der Waals surface area contributed by atoms with Crippen molar-refractivity contribution in [3.8, 4) is 0 Å². The number of amides is 2. The summed E-state index contributed by atoms with van der Waals surface area (Å²) in [4.78, 5) is 24.0. The highest BCUT2D eigenvalue weighted by molar-refractivity contribution is 8.14. The number of nitrogens with one attached hydrogen (secondary N) is 2. The second-order valence-electron chi connectivity index (χ2n) is 7.08. The summed E-state index contributed by atoms with van der Waals surface area (Å²) in [6, 6.07) is 15.5. The third-order valence-electron chi connectivity index (χ3n) is 4.85. The molecule has 1 saturated heterocycles. The van der Waals surface area contributed by atoms with Gasteiger partial charge in [-0.15, -0.1) is 11.8 Å². The molecule has 1 aromatic carbocycles. The number of likely N-dealkylation sites (tertiary alicyclic amines) is 1. The van der Waals surface area contributed by atoms with E-state index in [1.165, 1.54) is 19.3 Å². The molecule has 1 fully saturated rings. The number of carbonyl (C=O) groups is 1. The molecule has 6 nitrogen and oxygen atoms in total. The number of aromatic nitrogens is 1. The highest BCUT2D eigenvalue weighted by Gasteiger charge is 2.21. The second kappa shape index (κ2) is 9.21. The Morgan fingerprint density at radius 3 is 2.71 bits per heavy atom. The van der Waals surface area contributed by atoms with Crippen molar-refractivity contribution in [2.45, 2.75) is 32.0 Å². The van der Waals surface area contributed by atoms with Gasteiger partial charge < -0.3 is 5.32 Å². The van der Waals surface area contributed by atoms with Crippen LogP contribution in [0.1, 0.15) is 30.5 Å². The molecule has 2 aromatic rings. The molecule has 2 amide bonds. The number of rotatable bonds is 5. The van der Waals surface area contributed by atoms with E-state index in [-0.39, 0.29) is 12.2 Å². The number of hydrogen-bond donors (Lipinski definition) is 2. The topological polar surface area (TPSA) is 69.6 Å². The minimum Gasteiger partial charge on any atom is -0.315 e. The Balaban J connectivity index is 1.31. The Labute approximate surface area is 169 Å². The molecule has 0 bridgehead atoms. The molecule has 3 heterocycles. The van der Waals surface area contributed by atoms with E-state index in [1.807, 2.05) is 48.5 Å². The number of pyridine rings is 1. The fourth-order valence-electron chi connectivity index (χ4n) is 3.47.